The molecule has 1 aromatic rings. The molecule has 1 fully saturated rings. The van der Waals surface area contributed by atoms with Gasteiger partial charge in [-0.3, -0.25) is 4.90 Å². The van der Waals surface area contributed by atoms with Gasteiger partial charge in [0.25, 0.3) is 0 Å². The lowest BCUT2D eigenvalue weighted by Crippen LogP contribution is -2.29. The van der Waals surface area contributed by atoms with Gasteiger partial charge < -0.3 is 10.8 Å². The summed E-state index contributed by atoms with van der Waals surface area (Å²) in [5.41, 5.74) is 7.25. The van der Waals surface area contributed by atoms with Gasteiger partial charge in [-0.1, -0.05) is 12.1 Å². The van der Waals surface area contributed by atoms with Gasteiger partial charge in [0, 0.05) is 31.3 Å². The number of benzene rings is 1. The van der Waals surface area contributed by atoms with Crippen LogP contribution in [0.3, 0.4) is 0 Å². The zero-order valence-corrected chi connectivity index (χ0v) is 11.3. The summed E-state index contributed by atoms with van der Waals surface area (Å²) in [4.78, 5) is 2.43. The summed E-state index contributed by atoms with van der Waals surface area (Å²) in [6.45, 7) is 2.45. The molecule has 1 atom stereocenters. The van der Waals surface area contributed by atoms with E-state index < -0.39 is 0 Å². The van der Waals surface area contributed by atoms with E-state index in [4.69, 9.17) is 10.8 Å². The van der Waals surface area contributed by atoms with Gasteiger partial charge in [0.15, 0.2) is 0 Å². The van der Waals surface area contributed by atoms with Crippen LogP contribution in [0.25, 0.3) is 0 Å². The minimum absolute atomic E-state index is 0.218. The molecule has 0 aromatic heterocycles. The maximum absolute atomic E-state index is 13.4. The third-order valence-electron chi connectivity index (χ3n) is 3.91. The molecule has 1 aliphatic heterocycles. The van der Waals surface area contributed by atoms with Gasteiger partial charge in [0.05, 0.1) is 0 Å². The number of rotatable bonds is 6. The van der Waals surface area contributed by atoms with Crippen LogP contribution in [-0.4, -0.2) is 29.2 Å². The van der Waals surface area contributed by atoms with E-state index in [-0.39, 0.29) is 19.0 Å². The second-order valence-electron chi connectivity index (χ2n) is 5.26. The number of nitrogens with two attached hydrogens (primary N) is 1. The van der Waals surface area contributed by atoms with Gasteiger partial charge in [-0.25, -0.2) is 4.39 Å². The van der Waals surface area contributed by atoms with Crippen molar-refractivity contribution < 1.29 is 9.50 Å². The fraction of sp³-hybridized carbons (Fsp3) is 0.600. The first-order chi connectivity index (χ1) is 9.24. The standard InChI is InChI=1S/C15H23FN2O/c16-15-6-5-12(9-13(15)10-17)11-18-7-1-3-14(18)4-2-8-19/h5-6,9,14,19H,1-4,7-8,10-11,17H2. The van der Waals surface area contributed by atoms with E-state index in [2.05, 4.69) is 4.90 Å². The molecule has 1 aromatic carbocycles. The Hall–Kier alpha value is -0.970. The molecule has 0 amide bonds. The fourth-order valence-electron chi connectivity index (χ4n) is 2.87. The summed E-state index contributed by atoms with van der Waals surface area (Å²) in [6.07, 6.45) is 4.31. The lowest BCUT2D eigenvalue weighted by atomic mass is 10.1. The second kappa shape index (κ2) is 6.98. The minimum atomic E-state index is -0.218. The number of hydrogen-bond donors (Lipinski definition) is 2. The van der Waals surface area contributed by atoms with E-state index in [9.17, 15) is 4.39 Å². The van der Waals surface area contributed by atoms with Crippen LogP contribution >= 0.6 is 0 Å². The van der Waals surface area contributed by atoms with Crippen molar-refractivity contribution in [3.05, 3.63) is 35.1 Å². The average molecular weight is 266 g/mol. The Morgan fingerprint density at radius 2 is 2.26 bits per heavy atom. The lowest BCUT2D eigenvalue weighted by Gasteiger charge is -2.24. The number of hydrogen-bond acceptors (Lipinski definition) is 3. The minimum Gasteiger partial charge on any atom is -0.396 e. The number of likely N-dealkylation sites (tertiary alicyclic amines) is 1. The summed E-state index contributed by atoms with van der Waals surface area (Å²) in [5.74, 6) is -0.218. The normalized spacial score (nSPS) is 20.1. The maximum Gasteiger partial charge on any atom is 0.127 e. The highest BCUT2D eigenvalue weighted by molar-refractivity contribution is 5.25. The molecule has 0 bridgehead atoms. The summed E-state index contributed by atoms with van der Waals surface area (Å²) >= 11 is 0. The molecular formula is C15H23FN2O. The van der Waals surface area contributed by atoms with Crippen LogP contribution in [0.4, 0.5) is 4.39 Å². The Morgan fingerprint density at radius 1 is 1.42 bits per heavy atom. The summed E-state index contributed by atoms with van der Waals surface area (Å²) < 4.78 is 13.4. The van der Waals surface area contributed by atoms with Crippen LogP contribution in [0, 0.1) is 5.82 Å². The van der Waals surface area contributed by atoms with Crippen LogP contribution in [-0.2, 0) is 13.1 Å². The molecule has 1 saturated heterocycles. The van der Waals surface area contributed by atoms with E-state index in [0.717, 1.165) is 31.5 Å². The van der Waals surface area contributed by atoms with E-state index in [1.807, 2.05) is 12.1 Å². The first kappa shape index (κ1) is 14.4. The Morgan fingerprint density at radius 3 is 3.00 bits per heavy atom. The molecule has 0 spiro atoms. The van der Waals surface area contributed by atoms with Gasteiger partial charge in [-0.2, -0.15) is 0 Å². The first-order valence-corrected chi connectivity index (χ1v) is 7.07. The van der Waals surface area contributed by atoms with E-state index in [0.29, 0.717) is 11.6 Å². The Balaban J connectivity index is 1.99. The van der Waals surface area contributed by atoms with Crippen LogP contribution in [0.2, 0.25) is 0 Å². The Kier molecular flexibility index (Phi) is 5.31. The van der Waals surface area contributed by atoms with Crippen LogP contribution in [0.5, 0.6) is 0 Å². The van der Waals surface area contributed by atoms with Crippen LogP contribution < -0.4 is 5.73 Å². The monoisotopic (exact) mass is 266 g/mol. The number of halogens is 1. The Labute approximate surface area is 114 Å². The third kappa shape index (κ3) is 3.75. The summed E-state index contributed by atoms with van der Waals surface area (Å²) in [6, 6.07) is 5.78. The van der Waals surface area contributed by atoms with Crippen molar-refractivity contribution in [1.82, 2.24) is 4.90 Å². The molecule has 106 valence electrons. The zero-order valence-electron chi connectivity index (χ0n) is 11.3. The van der Waals surface area contributed by atoms with Crippen molar-refractivity contribution in [2.24, 2.45) is 5.73 Å². The molecule has 3 nitrogen and oxygen atoms in total. The predicted octanol–water partition coefficient (Wildman–Crippen LogP) is 2.02. The van der Waals surface area contributed by atoms with Crippen molar-refractivity contribution in [2.75, 3.05) is 13.2 Å². The number of aliphatic hydroxyl groups is 1. The van der Waals surface area contributed by atoms with Gasteiger partial charge in [0.2, 0.25) is 0 Å². The quantitative estimate of drug-likeness (QED) is 0.828. The SMILES string of the molecule is NCc1cc(CN2CCCC2CCCO)ccc1F. The highest BCUT2D eigenvalue weighted by atomic mass is 19.1. The van der Waals surface area contributed by atoms with Gasteiger partial charge in [-0.05, 0) is 43.9 Å². The first-order valence-electron chi connectivity index (χ1n) is 7.07. The smallest absolute Gasteiger partial charge is 0.127 e. The molecule has 19 heavy (non-hydrogen) atoms. The van der Waals surface area contributed by atoms with Crippen LogP contribution in [0.15, 0.2) is 18.2 Å². The third-order valence-corrected chi connectivity index (χ3v) is 3.91. The molecule has 0 radical (unpaired) electrons. The molecule has 2 rings (SSSR count). The van der Waals surface area contributed by atoms with Gasteiger partial charge in [-0.15, -0.1) is 0 Å². The largest absolute Gasteiger partial charge is 0.396 e. The number of nitrogens with zero attached hydrogens (tertiary/aromatic N) is 1. The molecule has 1 unspecified atom stereocenters. The highest BCUT2D eigenvalue weighted by Crippen LogP contribution is 2.24. The molecule has 3 N–H and O–H groups in total. The lowest BCUT2D eigenvalue weighted by molar-refractivity contribution is 0.210. The Bertz CT molecular complexity index is 411. The second-order valence-corrected chi connectivity index (χ2v) is 5.26. The molecular weight excluding hydrogens is 243 g/mol. The van der Waals surface area contributed by atoms with E-state index in [1.165, 1.54) is 18.9 Å². The van der Waals surface area contributed by atoms with E-state index >= 15 is 0 Å². The zero-order chi connectivity index (χ0) is 13.7. The van der Waals surface area contributed by atoms with Gasteiger partial charge in [0.1, 0.15) is 5.82 Å². The maximum atomic E-state index is 13.4. The highest BCUT2D eigenvalue weighted by Gasteiger charge is 2.23. The van der Waals surface area contributed by atoms with E-state index in [1.54, 1.807) is 0 Å². The molecule has 1 aliphatic rings. The predicted molar refractivity (Wildman–Crippen MR) is 74.0 cm³/mol. The van der Waals surface area contributed by atoms with Crippen molar-refractivity contribution >= 4 is 0 Å². The van der Waals surface area contributed by atoms with Crippen LogP contribution in [0.1, 0.15) is 36.8 Å². The number of aliphatic hydroxyl groups excluding tert-OH is 1. The summed E-state index contributed by atoms with van der Waals surface area (Å²) in [5, 5.41) is 8.93. The van der Waals surface area contributed by atoms with Crippen molar-refractivity contribution in [3.8, 4) is 0 Å². The average Bonchev–Trinajstić information content (AvgIpc) is 2.86. The fourth-order valence-corrected chi connectivity index (χ4v) is 2.87. The molecule has 1 heterocycles. The van der Waals surface area contributed by atoms with Crippen molar-refractivity contribution in [3.63, 3.8) is 0 Å². The summed E-state index contributed by atoms with van der Waals surface area (Å²) in [7, 11) is 0. The van der Waals surface area contributed by atoms with Gasteiger partial charge >= 0.3 is 0 Å². The molecule has 0 saturated carbocycles. The van der Waals surface area contributed by atoms with Crippen molar-refractivity contribution in [2.45, 2.75) is 44.8 Å². The topological polar surface area (TPSA) is 49.5 Å². The molecule has 4 heteroatoms. The van der Waals surface area contributed by atoms with Crippen molar-refractivity contribution in [1.29, 1.82) is 0 Å². The molecule has 0 aliphatic carbocycles.